The first-order valence-corrected chi connectivity index (χ1v) is 10.5. The normalized spacial score (nSPS) is 14.3. The summed E-state index contributed by atoms with van der Waals surface area (Å²) < 4.78 is 1.41. The van der Waals surface area contributed by atoms with Crippen molar-refractivity contribution in [2.45, 2.75) is 45.6 Å². The predicted molar refractivity (Wildman–Crippen MR) is 115 cm³/mol. The Labute approximate surface area is 171 Å². The Bertz CT molecular complexity index is 1150. The van der Waals surface area contributed by atoms with Crippen LogP contribution in [0.1, 0.15) is 43.2 Å². The number of aromatic nitrogens is 2. The van der Waals surface area contributed by atoms with Gasteiger partial charge in [-0.1, -0.05) is 0 Å². The molecule has 2 N–H and O–H groups in total. The molecule has 1 aliphatic carbocycles. The summed E-state index contributed by atoms with van der Waals surface area (Å²) >= 11 is 1.60. The standard InChI is InChI=1S/C21H22N4O3S/c1-12(19(27)24-15-9-7-14(8-10-15)23-13(2)26)25-11-22-20-18(21(25)28)16-5-3-4-6-17(16)29-20/h7-12H,3-6H2,1-2H3,(H,23,26)(H,24,27). The third-order valence-corrected chi connectivity index (χ3v) is 6.37. The van der Waals surface area contributed by atoms with E-state index in [2.05, 4.69) is 15.6 Å². The maximum Gasteiger partial charge on any atom is 0.263 e. The van der Waals surface area contributed by atoms with E-state index >= 15 is 0 Å². The van der Waals surface area contributed by atoms with Crippen molar-refractivity contribution in [2.75, 3.05) is 10.6 Å². The molecule has 1 aliphatic rings. The van der Waals surface area contributed by atoms with E-state index in [0.717, 1.165) is 36.1 Å². The summed E-state index contributed by atoms with van der Waals surface area (Å²) in [4.78, 5) is 43.4. The fraction of sp³-hybridized carbons (Fsp3) is 0.333. The maximum atomic E-state index is 13.1. The van der Waals surface area contributed by atoms with Gasteiger partial charge in [-0.05, 0) is 62.4 Å². The van der Waals surface area contributed by atoms with Crippen LogP contribution in [0, 0.1) is 0 Å². The van der Waals surface area contributed by atoms with E-state index in [4.69, 9.17) is 0 Å². The molecule has 0 fully saturated rings. The fourth-order valence-corrected chi connectivity index (χ4v) is 4.87. The molecule has 150 valence electrons. The molecular weight excluding hydrogens is 388 g/mol. The Kier molecular flexibility index (Phi) is 5.19. The Morgan fingerprint density at radius 3 is 2.45 bits per heavy atom. The van der Waals surface area contributed by atoms with Crippen LogP contribution in [0.25, 0.3) is 10.2 Å². The molecule has 2 aromatic heterocycles. The topological polar surface area (TPSA) is 93.1 Å². The second-order valence-corrected chi connectivity index (χ2v) is 8.36. The quantitative estimate of drug-likeness (QED) is 0.688. The number of nitrogens with one attached hydrogen (secondary N) is 2. The van der Waals surface area contributed by atoms with Crippen LogP contribution in [0.3, 0.4) is 0 Å². The zero-order valence-corrected chi connectivity index (χ0v) is 17.1. The number of aryl methyl sites for hydroxylation is 2. The van der Waals surface area contributed by atoms with Crippen LogP contribution in [-0.4, -0.2) is 21.4 Å². The lowest BCUT2D eigenvalue weighted by atomic mass is 9.97. The van der Waals surface area contributed by atoms with E-state index in [1.165, 1.54) is 22.7 Å². The van der Waals surface area contributed by atoms with Crippen molar-refractivity contribution in [3.63, 3.8) is 0 Å². The van der Waals surface area contributed by atoms with Gasteiger partial charge in [0, 0.05) is 23.2 Å². The molecule has 4 rings (SSSR count). The lowest BCUT2D eigenvalue weighted by molar-refractivity contribution is -0.119. The van der Waals surface area contributed by atoms with Crippen LogP contribution in [0.2, 0.25) is 0 Å². The van der Waals surface area contributed by atoms with Crippen LogP contribution in [0.4, 0.5) is 11.4 Å². The summed E-state index contributed by atoms with van der Waals surface area (Å²) in [6.07, 6.45) is 5.60. The third-order valence-electron chi connectivity index (χ3n) is 5.17. The first-order chi connectivity index (χ1) is 13.9. The van der Waals surface area contributed by atoms with Crippen LogP contribution in [-0.2, 0) is 22.4 Å². The highest BCUT2D eigenvalue weighted by Gasteiger charge is 2.23. The van der Waals surface area contributed by atoms with E-state index in [-0.39, 0.29) is 17.4 Å². The van der Waals surface area contributed by atoms with Gasteiger partial charge in [-0.2, -0.15) is 0 Å². The number of hydrogen-bond donors (Lipinski definition) is 2. The predicted octanol–water partition coefficient (Wildman–Crippen LogP) is 3.49. The van der Waals surface area contributed by atoms with E-state index in [1.54, 1.807) is 42.5 Å². The van der Waals surface area contributed by atoms with Crippen molar-refractivity contribution in [2.24, 2.45) is 0 Å². The minimum atomic E-state index is -0.700. The first-order valence-electron chi connectivity index (χ1n) is 9.64. The minimum Gasteiger partial charge on any atom is -0.326 e. The number of hydrogen-bond acceptors (Lipinski definition) is 5. The lowest BCUT2D eigenvalue weighted by Gasteiger charge is -2.16. The van der Waals surface area contributed by atoms with E-state index in [0.29, 0.717) is 16.8 Å². The Balaban J connectivity index is 1.57. The highest BCUT2D eigenvalue weighted by atomic mass is 32.1. The van der Waals surface area contributed by atoms with Crippen molar-refractivity contribution in [3.8, 4) is 0 Å². The van der Waals surface area contributed by atoms with E-state index in [9.17, 15) is 14.4 Å². The molecule has 1 atom stereocenters. The summed E-state index contributed by atoms with van der Waals surface area (Å²) in [6, 6.07) is 6.12. The van der Waals surface area contributed by atoms with Crippen molar-refractivity contribution < 1.29 is 9.59 Å². The molecule has 0 saturated carbocycles. The zero-order valence-electron chi connectivity index (χ0n) is 16.3. The third kappa shape index (κ3) is 3.80. The first kappa shape index (κ1) is 19.3. The van der Waals surface area contributed by atoms with Gasteiger partial charge in [0.1, 0.15) is 10.9 Å². The van der Waals surface area contributed by atoms with Gasteiger partial charge in [0.05, 0.1) is 11.7 Å². The molecule has 8 heteroatoms. The summed E-state index contributed by atoms with van der Waals surface area (Å²) in [5.41, 5.74) is 2.20. The molecule has 3 aromatic rings. The summed E-state index contributed by atoms with van der Waals surface area (Å²) in [5, 5.41) is 6.16. The average Bonchev–Trinajstić information content (AvgIpc) is 3.08. The fourth-order valence-electron chi connectivity index (χ4n) is 3.65. The molecule has 0 aliphatic heterocycles. The van der Waals surface area contributed by atoms with Crippen molar-refractivity contribution >= 4 is 44.7 Å². The van der Waals surface area contributed by atoms with Gasteiger partial charge >= 0.3 is 0 Å². The van der Waals surface area contributed by atoms with E-state index < -0.39 is 6.04 Å². The van der Waals surface area contributed by atoms with Crippen LogP contribution in [0.5, 0.6) is 0 Å². The smallest absolute Gasteiger partial charge is 0.263 e. The molecule has 2 heterocycles. The highest BCUT2D eigenvalue weighted by Crippen LogP contribution is 2.33. The maximum absolute atomic E-state index is 13.1. The van der Waals surface area contributed by atoms with Gasteiger partial charge in [-0.15, -0.1) is 11.3 Å². The summed E-state index contributed by atoms with van der Waals surface area (Å²) in [7, 11) is 0. The van der Waals surface area contributed by atoms with Crippen molar-refractivity contribution in [1.82, 2.24) is 9.55 Å². The largest absolute Gasteiger partial charge is 0.326 e. The Hall–Kier alpha value is -3.00. The highest BCUT2D eigenvalue weighted by molar-refractivity contribution is 7.18. The molecule has 0 saturated heterocycles. The van der Waals surface area contributed by atoms with Crippen LogP contribution in [0.15, 0.2) is 35.4 Å². The molecule has 0 bridgehead atoms. The SMILES string of the molecule is CC(=O)Nc1ccc(NC(=O)C(C)n2cnc3sc4c(c3c2=O)CCCC4)cc1. The monoisotopic (exact) mass is 410 g/mol. The number of fused-ring (bicyclic) bond motifs is 3. The van der Waals surface area contributed by atoms with Gasteiger partial charge in [-0.25, -0.2) is 4.98 Å². The minimum absolute atomic E-state index is 0.155. The van der Waals surface area contributed by atoms with Gasteiger partial charge in [0.25, 0.3) is 5.56 Å². The number of carbonyl (C=O) groups excluding carboxylic acids is 2. The van der Waals surface area contributed by atoms with Gasteiger partial charge < -0.3 is 10.6 Å². The Morgan fingerprint density at radius 1 is 1.10 bits per heavy atom. The van der Waals surface area contributed by atoms with Gasteiger partial charge in [0.15, 0.2) is 0 Å². The average molecular weight is 410 g/mol. The Morgan fingerprint density at radius 2 is 1.76 bits per heavy atom. The number of rotatable bonds is 4. The second kappa shape index (κ2) is 7.79. The number of benzene rings is 1. The molecule has 29 heavy (non-hydrogen) atoms. The number of thiophene rings is 1. The van der Waals surface area contributed by atoms with Gasteiger partial charge in [0.2, 0.25) is 11.8 Å². The number of anilines is 2. The molecule has 7 nitrogen and oxygen atoms in total. The zero-order chi connectivity index (χ0) is 20.5. The molecule has 0 spiro atoms. The molecule has 0 radical (unpaired) electrons. The number of nitrogens with zero attached hydrogens (tertiary/aromatic N) is 2. The molecular formula is C21H22N4O3S. The van der Waals surface area contributed by atoms with Gasteiger partial charge in [-0.3, -0.25) is 19.0 Å². The number of carbonyl (C=O) groups is 2. The summed E-state index contributed by atoms with van der Waals surface area (Å²) in [5.74, 6) is -0.460. The van der Waals surface area contributed by atoms with Crippen LogP contribution >= 0.6 is 11.3 Å². The second-order valence-electron chi connectivity index (χ2n) is 7.27. The number of amides is 2. The molecule has 2 amide bonds. The van der Waals surface area contributed by atoms with Crippen molar-refractivity contribution in [3.05, 3.63) is 51.4 Å². The van der Waals surface area contributed by atoms with Crippen LogP contribution < -0.4 is 16.2 Å². The van der Waals surface area contributed by atoms with Crippen molar-refractivity contribution in [1.29, 1.82) is 0 Å². The molecule has 1 unspecified atom stereocenters. The van der Waals surface area contributed by atoms with E-state index in [1.807, 2.05) is 0 Å². The summed E-state index contributed by atoms with van der Waals surface area (Å²) in [6.45, 7) is 3.12. The molecule has 1 aromatic carbocycles. The lowest BCUT2D eigenvalue weighted by Crippen LogP contribution is -2.32.